The third kappa shape index (κ3) is 3.48. The molecule has 0 bridgehead atoms. The molecule has 148 valence electrons. The van der Waals surface area contributed by atoms with Crippen LogP contribution in [0.4, 0.5) is 11.4 Å². The number of fused-ring (bicyclic) bond motifs is 1. The van der Waals surface area contributed by atoms with E-state index in [1.165, 1.54) is 18.2 Å². The average molecular weight is 399 g/mol. The van der Waals surface area contributed by atoms with Crippen LogP contribution in [0.1, 0.15) is 31.1 Å². The fourth-order valence-electron chi connectivity index (χ4n) is 2.79. The summed E-state index contributed by atoms with van der Waals surface area (Å²) >= 11 is 0. The molecule has 29 heavy (non-hydrogen) atoms. The molecular weight excluding hydrogens is 386 g/mol. The van der Waals surface area contributed by atoms with Crippen LogP contribution in [-0.4, -0.2) is 52.3 Å². The highest BCUT2D eigenvalue weighted by molar-refractivity contribution is 6.23. The Kier molecular flexibility index (Phi) is 4.96. The quantitative estimate of drug-likeness (QED) is 0.251. The molecular formula is C18H13N3O8. The largest absolute Gasteiger partial charge is 0.505 e. The number of esters is 1. The van der Waals surface area contributed by atoms with Gasteiger partial charge < -0.3 is 15.2 Å². The number of para-hydroxylation sites is 1. The Morgan fingerprint density at radius 1 is 1.17 bits per heavy atom. The number of nitrogens with one attached hydrogen (secondary N) is 1. The van der Waals surface area contributed by atoms with E-state index >= 15 is 0 Å². The van der Waals surface area contributed by atoms with Crippen LogP contribution in [0.5, 0.6) is 5.75 Å². The van der Waals surface area contributed by atoms with Crippen LogP contribution in [0, 0.1) is 10.1 Å². The minimum atomic E-state index is -0.851. The zero-order valence-electron chi connectivity index (χ0n) is 14.9. The predicted molar refractivity (Wildman–Crippen MR) is 96.5 cm³/mol. The highest BCUT2D eigenvalue weighted by atomic mass is 16.6. The summed E-state index contributed by atoms with van der Waals surface area (Å²) in [5.74, 6) is -3.81. The number of phenols is 1. The minimum absolute atomic E-state index is 0.0519. The van der Waals surface area contributed by atoms with Gasteiger partial charge in [-0.3, -0.25) is 29.4 Å². The lowest BCUT2D eigenvalue weighted by Gasteiger charge is -2.14. The molecule has 3 amide bonds. The van der Waals surface area contributed by atoms with Gasteiger partial charge in [0.05, 0.1) is 28.8 Å². The summed E-state index contributed by atoms with van der Waals surface area (Å²) in [6.07, 6.45) is 0. The van der Waals surface area contributed by atoms with Crippen LogP contribution < -0.4 is 5.32 Å². The molecule has 0 fully saturated rings. The number of ether oxygens (including phenoxy) is 1. The summed E-state index contributed by atoms with van der Waals surface area (Å²) in [6.45, 7) is -0.692. The fraction of sp³-hybridized carbons (Fsp3) is 0.111. The standard InChI is InChI=1S/C18H13N3O8/c1-29-18(26)11-3-2-4-13(15(11)23)19-14(22)8-20-16(24)10-6-5-9(21(27)28)7-12(10)17(20)25/h2-7,23H,8H2,1H3,(H,19,22). The van der Waals surface area contributed by atoms with Gasteiger partial charge in [0.25, 0.3) is 17.5 Å². The highest BCUT2D eigenvalue weighted by Gasteiger charge is 2.38. The zero-order chi connectivity index (χ0) is 21.3. The molecule has 0 aliphatic carbocycles. The lowest BCUT2D eigenvalue weighted by Crippen LogP contribution is -2.37. The number of imide groups is 1. The second kappa shape index (κ2) is 7.38. The Hall–Kier alpha value is -4.28. The van der Waals surface area contributed by atoms with Gasteiger partial charge in [-0.2, -0.15) is 0 Å². The summed E-state index contributed by atoms with van der Waals surface area (Å²) < 4.78 is 4.52. The number of nitro groups is 1. The van der Waals surface area contributed by atoms with E-state index < -0.39 is 40.9 Å². The molecule has 2 aromatic rings. The topological polar surface area (TPSA) is 156 Å². The van der Waals surface area contributed by atoms with Gasteiger partial charge in [-0.1, -0.05) is 6.07 Å². The second-order valence-electron chi connectivity index (χ2n) is 5.92. The van der Waals surface area contributed by atoms with Crippen LogP contribution in [0.15, 0.2) is 36.4 Å². The summed E-state index contributed by atoms with van der Waals surface area (Å²) in [4.78, 5) is 59.5. The number of rotatable bonds is 5. The first kappa shape index (κ1) is 19.5. The maximum Gasteiger partial charge on any atom is 0.341 e. The van der Waals surface area contributed by atoms with Crippen molar-refractivity contribution in [2.24, 2.45) is 0 Å². The number of anilines is 1. The van der Waals surface area contributed by atoms with Crippen molar-refractivity contribution in [1.82, 2.24) is 4.90 Å². The first-order valence-electron chi connectivity index (χ1n) is 8.09. The van der Waals surface area contributed by atoms with Crippen molar-refractivity contribution in [3.8, 4) is 5.75 Å². The molecule has 0 unspecified atom stereocenters. The Balaban J connectivity index is 1.78. The number of aromatic hydroxyl groups is 1. The van der Waals surface area contributed by atoms with Crippen LogP contribution in [0.25, 0.3) is 0 Å². The molecule has 2 aromatic carbocycles. The number of carbonyl (C=O) groups excluding carboxylic acids is 4. The van der Waals surface area contributed by atoms with E-state index in [4.69, 9.17) is 0 Å². The fourth-order valence-corrected chi connectivity index (χ4v) is 2.79. The second-order valence-corrected chi connectivity index (χ2v) is 5.92. The van der Waals surface area contributed by atoms with Crippen LogP contribution in [-0.2, 0) is 9.53 Å². The average Bonchev–Trinajstić information content (AvgIpc) is 2.93. The maximum absolute atomic E-state index is 12.4. The molecule has 1 aliphatic heterocycles. The molecule has 11 nitrogen and oxygen atoms in total. The Morgan fingerprint density at radius 3 is 2.52 bits per heavy atom. The number of carbonyl (C=O) groups is 4. The monoisotopic (exact) mass is 399 g/mol. The van der Waals surface area contributed by atoms with Gasteiger partial charge in [0, 0.05) is 12.1 Å². The van der Waals surface area contributed by atoms with Crippen molar-refractivity contribution in [3.05, 3.63) is 63.2 Å². The number of nitrogens with zero attached hydrogens (tertiary/aromatic N) is 2. The van der Waals surface area contributed by atoms with Gasteiger partial charge in [-0.05, 0) is 18.2 Å². The maximum atomic E-state index is 12.4. The van der Waals surface area contributed by atoms with E-state index in [9.17, 15) is 34.4 Å². The number of phenolic OH excluding ortho intramolecular Hbond substituents is 1. The van der Waals surface area contributed by atoms with Crippen molar-refractivity contribution >= 4 is 35.1 Å². The molecule has 0 saturated heterocycles. The number of non-ortho nitro benzene ring substituents is 1. The molecule has 0 radical (unpaired) electrons. The van der Waals surface area contributed by atoms with Crippen molar-refractivity contribution in [2.45, 2.75) is 0 Å². The van der Waals surface area contributed by atoms with E-state index in [1.54, 1.807) is 0 Å². The smallest absolute Gasteiger partial charge is 0.341 e. The first-order valence-corrected chi connectivity index (χ1v) is 8.09. The van der Waals surface area contributed by atoms with E-state index in [1.807, 2.05) is 0 Å². The summed E-state index contributed by atoms with van der Waals surface area (Å²) in [7, 11) is 1.12. The van der Waals surface area contributed by atoms with Gasteiger partial charge >= 0.3 is 5.97 Å². The SMILES string of the molecule is COC(=O)c1cccc(NC(=O)CN2C(=O)c3ccc([N+](=O)[O-])cc3C2=O)c1O. The molecule has 2 N–H and O–H groups in total. The third-order valence-corrected chi connectivity index (χ3v) is 4.18. The number of methoxy groups -OCH3 is 1. The van der Waals surface area contributed by atoms with E-state index in [-0.39, 0.29) is 28.1 Å². The molecule has 1 heterocycles. The van der Waals surface area contributed by atoms with E-state index in [0.29, 0.717) is 4.90 Å². The minimum Gasteiger partial charge on any atom is -0.505 e. The molecule has 3 rings (SSSR count). The van der Waals surface area contributed by atoms with Gasteiger partial charge in [0.15, 0.2) is 5.75 Å². The molecule has 0 saturated carbocycles. The Labute approximate surface area is 162 Å². The molecule has 11 heteroatoms. The van der Waals surface area contributed by atoms with Crippen LogP contribution >= 0.6 is 0 Å². The number of hydrogen-bond acceptors (Lipinski definition) is 8. The summed E-state index contributed by atoms with van der Waals surface area (Å²) in [6, 6.07) is 7.20. The predicted octanol–water partition coefficient (Wildman–Crippen LogP) is 1.32. The van der Waals surface area contributed by atoms with Crippen LogP contribution in [0.2, 0.25) is 0 Å². The van der Waals surface area contributed by atoms with Gasteiger partial charge in [0.1, 0.15) is 12.1 Å². The normalized spacial score (nSPS) is 12.5. The third-order valence-electron chi connectivity index (χ3n) is 4.18. The molecule has 0 aromatic heterocycles. The Morgan fingerprint density at radius 2 is 1.86 bits per heavy atom. The molecule has 1 aliphatic rings. The number of nitro benzene ring substituents is 1. The van der Waals surface area contributed by atoms with Crippen molar-refractivity contribution < 1.29 is 33.9 Å². The number of amides is 3. The zero-order valence-corrected chi connectivity index (χ0v) is 14.9. The van der Waals surface area contributed by atoms with E-state index in [2.05, 4.69) is 10.1 Å². The van der Waals surface area contributed by atoms with E-state index in [0.717, 1.165) is 25.3 Å². The van der Waals surface area contributed by atoms with Gasteiger partial charge in [-0.15, -0.1) is 0 Å². The van der Waals surface area contributed by atoms with Crippen molar-refractivity contribution in [1.29, 1.82) is 0 Å². The van der Waals surface area contributed by atoms with Crippen LogP contribution in [0.3, 0.4) is 0 Å². The number of hydrogen-bond donors (Lipinski definition) is 2. The Bertz CT molecular complexity index is 1080. The van der Waals surface area contributed by atoms with Crippen molar-refractivity contribution in [3.63, 3.8) is 0 Å². The molecule has 0 spiro atoms. The lowest BCUT2D eigenvalue weighted by molar-refractivity contribution is -0.384. The van der Waals surface area contributed by atoms with Crippen molar-refractivity contribution in [2.75, 3.05) is 19.0 Å². The lowest BCUT2D eigenvalue weighted by atomic mass is 10.1. The first-order chi connectivity index (χ1) is 13.7. The van der Waals surface area contributed by atoms with Gasteiger partial charge in [-0.25, -0.2) is 4.79 Å². The number of benzene rings is 2. The highest BCUT2D eigenvalue weighted by Crippen LogP contribution is 2.29. The summed E-state index contributed by atoms with van der Waals surface area (Å²) in [5, 5.41) is 23.3. The summed E-state index contributed by atoms with van der Waals surface area (Å²) in [5.41, 5.74) is -0.888. The molecule has 0 atom stereocenters. The van der Waals surface area contributed by atoms with Gasteiger partial charge in [0.2, 0.25) is 5.91 Å².